The Balaban J connectivity index is 1.73. The third kappa shape index (κ3) is 2.92. The second-order valence-corrected chi connectivity index (χ2v) is 9.72. The van der Waals surface area contributed by atoms with Crippen LogP contribution >= 0.6 is 0 Å². The third-order valence-corrected chi connectivity index (χ3v) is 5.97. The Bertz CT molecular complexity index is 853. The van der Waals surface area contributed by atoms with Gasteiger partial charge < -0.3 is 14.2 Å². The van der Waals surface area contributed by atoms with Gasteiger partial charge in [-0.05, 0) is 56.3 Å². The number of carbonyl (C=O) groups excluding carboxylic acids is 1. The first-order valence-corrected chi connectivity index (χ1v) is 9.59. The zero-order valence-corrected chi connectivity index (χ0v) is 16.6. The minimum absolute atomic E-state index is 0.108. The normalized spacial score (nSPS) is 27.5. The first-order chi connectivity index (χ1) is 12.2. The molecule has 2 bridgehead atoms. The summed E-state index contributed by atoms with van der Waals surface area (Å²) < 4.78 is 2.06. The number of hydrogen-bond acceptors (Lipinski definition) is 3. The van der Waals surface area contributed by atoms with Gasteiger partial charge >= 0.3 is 0 Å². The quantitative estimate of drug-likeness (QED) is 0.848. The summed E-state index contributed by atoms with van der Waals surface area (Å²) in [5, 5.41) is 0. The van der Waals surface area contributed by atoms with Crippen LogP contribution in [0.3, 0.4) is 0 Å². The van der Waals surface area contributed by atoms with Crippen LogP contribution in [0.15, 0.2) is 24.4 Å². The summed E-state index contributed by atoms with van der Waals surface area (Å²) in [6.45, 7) is 8.59. The van der Waals surface area contributed by atoms with E-state index in [9.17, 15) is 4.79 Å². The molecule has 1 aliphatic carbocycles. The molecule has 2 unspecified atom stereocenters. The molecule has 3 heterocycles. The van der Waals surface area contributed by atoms with Crippen molar-refractivity contribution < 1.29 is 4.79 Å². The summed E-state index contributed by atoms with van der Waals surface area (Å²) in [4.78, 5) is 22.5. The van der Waals surface area contributed by atoms with E-state index in [0.29, 0.717) is 23.7 Å². The van der Waals surface area contributed by atoms with Crippen LogP contribution in [-0.4, -0.2) is 51.8 Å². The van der Waals surface area contributed by atoms with Crippen LogP contribution in [0.1, 0.15) is 56.2 Å². The molecule has 5 heteroatoms. The van der Waals surface area contributed by atoms with E-state index in [1.54, 1.807) is 0 Å². The first kappa shape index (κ1) is 17.5. The lowest BCUT2D eigenvalue weighted by Gasteiger charge is -2.39. The lowest BCUT2D eigenvalue weighted by Crippen LogP contribution is -2.38. The van der Waals surface area contributed by atoms with Crippen LogP contribution in [0.4, 0.5) is 0 Å². The number of hydrogen-bond donors (Lipinski definition) is 0. The highest BCUT2D eigenvalue weighted by molar-refractivity contribution is 5.95. The molecule has 2 aliphatic rings. The molecule has 1 aliphatic heterocycles. The summed E-state index contributed by atoms with van der Waals surface area (Å²) in [6, 6.07) is 6.29. The maximum absolute atomic E-state index is 13.5. The summed E-state index contributed by atoms with van der Waals surface area (Å²) >= 11 is 0. The zero-order chi connectivity index (χ0) is 18.7. The Morgan fingerprint density at radius 3 is 2.77 bits per heavy atom. The predicted octanol–water partition coefficient (Wildman–Crippen LogP) is 3.44. The van der Waals surface area contributed by atoms with E-state index in [4.69, 9.17) is 4.98 Å². The van der Waals surface area contributed by atoms with Crippen LogP contribution in [0.25, 0.3) is 5.65 Å². The number of nitrogens with zero attached hydrogens (tertiary/aromatic N) is 4. The second kappa shape index (κ2) is 5.81. The van der Waals surface area contributed by atoms with E-state index in [0.717, 1.165) is 30.7 Å². The van der Waals surface area contributed by atoms with Gasteiger partial charge in [0.25, 0.3) is 5.91 Å². The van der Waals surface area contributed by atoms with Crippen LogP contribution in [0.5, 0.6) is 0 Å². The molecule has 2 atom stereocenters. The molecular weight excluding hydrogens is 324 g/mol. The summed E-state index contributed by atoms with van der Waals surface area (Å²) in [7, 11) is 4.06. The van der Waals surface area contributed by atoms with Crippen molar-refractivity contribution in [3.63, 3.8) is 0 Å². The molecule has 0 radical (unpaired) electrons. The number of pyridine rings is 1. The van der Waals surface area contributed by atoms with E-state index >= 15 is 0 Å². The molecule has 2 fully saturated rings. The fourth-order valence-electron chi connectivity index (χ4n) is 5.50. The highest BCUT2D eigenvalue weighted by atomic mass is 16.2. The van der Waals surface area contributed by atoms with Crippen molar-refractivity contribution in [2.45, 2.75) is 52.6 Å². The average Bonchev–Trinajstić information content (AvgIpc) is 3.00. The number of likely N-dealkylation sites (tertiary alicyclic amines) is 1. The fourth-order valence-corrected chi connectivity index (χ4v) is 5.50. The Hall–Kier alpha value is -1.88. The van der Waals surface area contributed by atoms with Gasteiger partial charge in [-0.15, -0.1) is 0 Å². The van der Waals surface area contributed by atoms with E-state index in [2.05, 4.69) is 35.0 Å². The van der Waals surface area contributed by atoms with Gasteiger partial charge in [-0.3, -0.25) is 4.79 Å². The predicted molar refractivity (Wildman–Crippen MR) is 103 cm³/mol. The topological polar surface area (TPSA) is 40.9 Å². The molecule has 1 saturated heterocycles. The summed E-state index contributed by atoms with van der Waals surface area (Å²) in [5.41, 5.74) is 3.00. The molecule has 0 spiro atoms. The van der Waals surface area contributed by atoms with Crippen molar-refractivity contribution in [1.82, 2.24) is 19.2 Å². The lowest BCUT2D eigenvalue weighted by molar-refractivity contribution is 0.0701. The van der Waals surface area contributed by atoms with E-state index < -0.39 is 0 Å². The average molecular weight is 354 g/mol. The van der Waals surface area contributed by atoms with E-state index in [1.807, 2.05) is 38.5 Å². The molecule has 1 saturated carbocycles. The molecule has 2 aromatic rings. The number of imidazole rings is 1. The van der Waals surface area contributed by atoms with Gasteiger partial charge in [-0.2, -0.15) is 0 Å². The first-order valence-electron chi connectivity index (χ1n) is 9.59. The Morgan fingerprint density at radius 2 is 2.04 bits per heavy atom. The molecule has 5 nitrogen and oxygen atoms in total. The van der Waals surface area contributed by atoms with Gasteiger partial charge in [0.2, 0.25) is 0 Å². The molecule has 2 aromatic heterocycles. The molecular formula is C21H30N4O. The Morgan fingerprint density at radius 1 is 1.27 bits per heavy atom. The van der Waals surface area contributed by atoms with Gasteiger partial charge in [0, 0.05) is 25.3 Å². The standard InChI is InChI=1S/C21H30N4O/c1-20(2)10-15-11-21(3,13-20)14-25(15)19(26)18-16(12-23(4)5)24-9-7-6-8-17(24)22-18/h6-9,15H,10-14H2,1-5H3. The van der Waals surface area contributed by atoms with Crippen molar-refractivity contribution in [3.05, 3.63) is 35.8 Å². The van der Waals surface area contributed by atoms with Crippen molar-refractivity contribution in [2.75, 3.05) is 20.6 Å². The molecule has 140 valence electrons. The highest BCUT2D eigenvalue weighted by Gasteiger charge is 2.51. The van der Waals surface area contributed by atoms with Crippen LogP contribution in [-0.2, 0) is 6.54 Å². The summed E-state index contributed by atoms with van der Waals surface area (Å²) in [5.74, 6) is 0.108. The fraction of sp³-hybridized carbons (Fsp3) is 0.619. The van der Waals surface area contributed by atoms with E-state index in [-0.39, 0.29) is 11.3 Å². The van der Waals surface area contributed by atoms with Gasteiger partial charge in [-0.25, -0.2) is 4.98 Å². The molecule has 26 heavy (non-hydrogen) atoms. The largest absolute Gasteiger partial charge is 0.334 e. The minimum atomic E-state index is 0.108. The van der Waals surface area contributed by atoms with Crippen molar-refractivity contribution in [2.24, 2.45) is 10.8 Å². The van der Waals surface area contributed by atoms with Gasteiger partial charge in [0.05, 0.1) is 5.69 Å². The van der Waals surface area contributed by atoms with Gasteiger partial charge in [0.15, 0.2) is 5.69 Å². The molecule has 0 aromatic carbocycles. The van der Waals surface area contributed by atoms with Gasteiger partial charge in [0.1, 0.15) is 5.65 Å². The smallest absolute Gasteiger partial charge is 0.274 e. The van der Waals surface area contributed by atoms with Crippen molar-refractivity contribution >= 4 is 11.6 Å². The number of carbonyl (C=O) groups is 1. The zero-order valence-electron chi connectivity index (χ0n) is 16.6. The van der Waals surface area contributed by atoms with Crippen LogP contribution < -0.4 is 0 Å². The van der Waals surface area contributed by atoms with Crippen LogP contribution in [0, 0.1) is 10.8 Å². The molecule has 4 rings (SSSR count). The molecule has 0 N–H and O–H groups in total. The molecule has 1 amide bonds. The van der Waals surface area contributed by atoms with Gasteiger partial charge in [-0.1, -0.05) is 26.8 Å². The minimum Gasteiger partial charge on any atom is -0.334 e. The summed E-state index contributed by atoms with van der Waals surface area (Å²) in [6.07, 6.45) is 5.41. The van der Waals surface area contributed by atoms with Crippen LogP contribution in [0.2, 0.25) is 0 Å². The maximum Gasteiger partial charge on any atom is 0.274 e. The SMILES string of the molecule is CN(C)Cc1c(C(=O)N2CC3(C)CC2CC(C)(C)C3)nc2ccccn12. The number of amides is 1. The lowest BCUT2D eigenvalue weighted by atomic mass is 9.65. The van der Waals surface area contributed by atoms with Crippen molar-refractivity contribution in [3.8, 4) is 0 Å². The third-order valence-electron chi connectivity index (χ3n) is 5.97. The second-order valence-electron chi connectivity index (χ2n) is 9.72. The maximum atomic E-state index is 13.5. The Kier molecular flexibility index (Phi) is 3.92. The highest BCUT2D eigenvalue weighted by Crippen LogP contribution is 2.52. The monoisotopic (exact) mass is 354 g/mol. The number of rotatable bonds is 3. The van der Waals surface area contributed by atoms with Crippen molar-refractivity contribution in [1.29, 1.82) is 0 Å². The Labute approximate surface area is 156 Å². The number of aromatic nitrogens is 2. The number of fused-ring (bicyclic) bond motifs is 3. The van der Waals surface area contributed by atoms with E-state index in [1.165, 1.54) is 6.42 Å².